The number of aromatic nitrogens is 1. The van der Waals surface area contributed by atoms with Gasteiger partial charge in [-0.1, -0.05) is 28.8 Å². The number of methoxy groups -OCH3 is 2. The Hall–Kier alpha value is -0.810. The summed E-state index contributed by atoms with van der Waals surface area (Å²) in [7, 11) is 3.34. The van der Waals surface area contributed by atoms with Gasteiger partial charge >= 0.3 is 0 Å². The Kier molecular flexibility index (Phi) is 6.10. The maximum Gasteiger partial charge on any atom is 0.183 e. The van der Waals surface area contributed by atoms with Crippen molar-refractivity contribution in [3.63, 3.8) is 0 Å². The van der Waals surface area contributed by atoms with E-state index in [1.165, 1.54) is 25.7 Å². The molecule has 1 aliphatic carbocycles. The summed E-state index contributed by atoms with van der Waals surface area (Å²) in [5.74, 6) is 1.51. The molecular weight excluding hydrogens is 320 g/mol. The lowest BCUT2D eigenvalue weighted by Crippen LogP contribution is -2.34. The predicted molar refractivity (Wildman–Crippen MR) is 83.8 cm³/mol. The summed E-state index contributed by atoms with van der Waals surface area (Å²) in [6, 6.07) is 2.51. The average Bonchev–Trinajstić information content (AvgIpc) is 3.00. The first-order valence-corrected chi connectivity index (χ1v) is 8.28. The minimum atomic E-state index is 0.672. The van der Waals surface area contributed by atoms with Crippen LogP contribution in [0.15, 0.2) is 12.3 Å². The number of nitrogens with zero attached hydrogens (tertiary/aromatic N) is 2. The number of pyridine rings is 1. The molecule has 5 heteroatoms. The highest BCUT2D eigenvalue weighted by molar-refractivity contribution is 9.09. The highest BCUT2D eigenvalue weighted by atomic mass is 79.9. The molecule has 0 spiro atoms. The van der Waals surface area contributed by atoms with Gasteiger partial charge in [-0.2, -0.15) is 0 Å². The standard InChI is InChI=1S/C15H23BrN2O2/c1-19-14-7-9-17-13(15(14)20-2)11-18(10-8-16)12-5-3-4-6-12/h7,9,12H,3-6,8,10-11H2,1-2H3. The van der Waals surface area contributed by atoms with Crippen LogP contribution in [0.25, 0.3) is 0 Å². The molecule has 4 nitrogen and oxygen atoms in total. The van der Waals surface area contributed by atoms with Crippen molar-refractivity contribution in [3.8, 4) is 11.5 Å². The summed E-state index contributed by atoms with van der Waals surface area (Å²) in [5, 5.41) is 0.982. The van der Waals surface area contributed by atoms with Crippen molar-refractivity contribution in [2.75, 3.05) is 26.1 Å². The monoisotopic (exact) mass is 342 g/mol. The molecule has 0 atom stereocenters. The van der Waals surface area contributed by atoms with E-state index in [0.29, 0.717) is 6.04 Å². The van der Waals surface area contributed by atoms with Gasteiger partial charge in [0.2, 0.25) is 0 Å². The molecule has 0 aliphatic heterocycles. The summed E-state index contributed by atoms with van der Waals surface area (Å²) in [6.45, 7) is 1.85. The zero-order valence-corrected chi connectivity index (χ0v) is 13.9. The largest absolute Gasteiger partial charge is 0.493 e. The molecule has 0 saturated heterocycles. The van der Waals surface area contributed by atoms with Gasteiger partial charge in [-0.05, 0) is 12.8 Å². The highest BCUT2D eigenvalue weighted by Gasteiger charge is 2.24. The van der Waals surface area contributed by atoms with Gasteiger partial charge in [-0.15, -0.1) is 0 Å². The smallest absolute Gasteiger partial charge is 0.183 e. The second-order valence-electron chi connectivity index (χ2n) is 5.09. The van der Waals surface area contributed by atoms with E-state index in [2.05, 4.69) is 25.8 Å². The molecule has 1 heterocycles. The number of hydrogen-bond acceptors (Lipinski definition) is 4. The Morgan fingerprint density at radius 2 is 2.05 bits per heavy atom. The first kappa shape index (κ1) is 15.6. The molecule has 0 N–H and O–H groups in total. The zero-order valence-electron chi connectivity index (χ0n) is 12.3. The quantitative estimate of drug-likeness (QED) is 0.712. The molecule has 0 radical (unpaired) electrons. The third-order valence-electron chi connectivity index (χ3n) is 3.93. The van der Waals surface area contributed by atoms with Crippen LogP contribution >= 0.6 is 15.9 Å². The Morgan fingerprint density at radius 1 is 1.30 bits per heavy atom. The lowest BCUT2D eigenvalue weighted by atomic mass is 10.2. The van der Waals surface area contributed by atoms with E-state index in [0.717, 1.165) is 35.6 Å². The SMILES string of the molecule is COc1ccnc(CN(CCBr)C2CCCC2)c1OC. The lowest BCUT2D eigenvalue weighted by Gasteiger charge is -2.28. The first-order chi connectivity index (χ1) is 9.80. The van der Waals surface area contributed by atoms with Crippen molar-refractivity contribution in [1.82, 2.24) is 9.88 Å². The lowest BCUT2D eigenvalue weighted by molar-refractivity contribution is 0.197. The molecule has 0 amide bonds. The molecule has 1 saturated carbocycles. The third kappa shape index (κ3) is 3.64. The molecule has 20 heavy (non-hydrogen) atoms. The molecule has 1 fully saturated rings. The van der Waals surface area contributed by atoms with E-state index in [1.54, 1.807) is 20.4 Å². The van der Waals surface area contributed by atoms with Crippen LogP contribution in [0.2, 0.25) is 0 Å². The van der Waals surface area contributed by atoms with Gasteiger partial charge < -0.3 is 9.47 Å². The maximum atomic E-state index is 5.48. The van der Waals surface area contributed by atoms with Crippen LogP contribution < -0.4 is 9.47 Å². The van der Waals surface area contributed by atoms with E-state index in [-0.39, 0.29) is 0 Å². The number of rotatable bonds is 7. The van der Waals surface area contributed by atoms with Crippen LogP contribution in [-0.4, -0.2) is 42.0 Å². The second-order valence-corrected chi connectivity index (χ2v) is 5.88. The third-order valence-corrected chi connectivity index (χ3v) is 4.29. The predicted octanol–water partition coefficient (Wildman–Crippen LogP) is 3.24. The van der Waals surface area contributed by atoms with Gasteiger partial charge in [-0.3, -0.25) is 9.88 Å². The summed E-state index contributed by atoms with van der Waals surface area (Å²) in [5.41, 5.74) is 0.958. The van der Waals surface area contributed by atoms with Crippen LogP contribution in [0.5, 0.6) is 11.5 Å². The Labute approximate surface area is 129 Å². The van der Waals surface area contributed by atoms with Crippen LogP contribution in [0.1, 0.15) is 31.4 Å². The summed E-state index contributed by atoms with van der Waals surface area (Å²) in [6.07, 6.45) is 7.05. The Bertz CT molecular complexity index is 422. The van der Waals surface area contributed by atoms with Gasteiger partial charge in [0.15, 0.2) is 11.5 Å². The van der Waals surface area contributed by atoms with Gasteiger partial charge in [0.1, 0.15) is 5.69 Å². The van der Waals surface area contributed by atoms with E-state index in [4.69, 9.17) is 9.47 Å². The molecular formula is C15H23BrN2O2. The van der Waals surface area contributed by atoms with Crippen molar-refractivity contribution < 1.29 is 9.47 Å². The second kappa shape index (κ2) is 7.84. The number of ether oxygens (including phenoxy) is 2. The van der Waals surface area contributed by atoms with Crippen LogP contribution in [0, 0.1) is 0 Å². The van der Waals surface area contributed by atoms with Crippen LogP contribution in [0.3, 0.4) is 0 Å². The molecule has 1 aromatic rings. The van der Waals surface area contributed by atoms with Crippen LogP contribution in [-0.2, 0) is 6.54 Å². The molecule has 1 aromatic heterocycles. The average molecular weight is 343 g/mol. The topological polar surface area (TPSA) is 34.6 Å². The minimum absolute atomic E-state index is 0.672. The number of halogens is 1. The van der Waals surface area contributed by atoms with E-state index < -0.39 is 0 Å². The van der Waals surface area contributed by atoms with E-state index >= 15 is 0 Å². The minimum Gasteiger partial charge on any atom is -0.493 e. The normalized spacial score (nSPS) is 15.8. The summed E-state index contributed by atoms with van der Waals surface area (Å²) >= 11 is 3.56. The van der Waals surface area contributed by atoms with Crippen LogP contribution in [0.4, 0.5) is 0 Å². The molecule has 0 bridgehead atoms. The number of alkyl halides is 1. The van der Waals surface area contributed by atoms with Crippen molar-refractivity contribution >= 4 is 15.9 Å². The molecule has 0 aromatic carbocycles. The summed E-state index contributed by atoms with van der Waals surface area (Å²) in [4.78, 5) is 7.00. The van der Waals surface area contributed by atoms with E-state index in [1.807, 2.05) is 6.07 Å². The van der Waals surface area contributed by atoms with Crippen molar-refractivity contribution in [1.29, 1.82) is 0 Å². The first-order valence-electron chi connectivity index (χ1n) is 7.16. The van der Waals surface area contributed by atoms with Crippen molar-refractivity contribution in [3.05, 3.63) is 18.0 Å². The molecule has 2 rings (SSSR count). The fourth-order valence-corrected chi connectivity index (χ4v) is 3.38. The van der Waals surface area contributed by atoms with Crippen molar-refractivity contribution in [2.45, 2.75) is 38.3 Å². The summed E-state index contributed by atoms with van der Waals surface area (Å²) < 4.78 is 10.8. The fourth-order valence-electron chi connectivity index (χ4n) is 2.92. The van der Waals surface area contributed by atoms with Gasteiger partial charge in [0, 0.05) is 36.7 Å². The number of hydrogen-bond donors (Lipinski definition) is 0. The highest BCUT2D eigenvalue weighted by Crippen LogP contribution is 2.31. The fraction of sp³-hybridized carbons (Fsp3) is 0.667. The van der Waals surface area contributed by atoms with Gasteiger partial charge in [0.05, 0.1) is 14.2 Å². The molecule has 1 aliphatic rings. The zero-order chi connectivity index (χ0) is 14.4. The Morgan fingerprint density at radius 3 is 2.65 bits per heavy atom. The van der Waals surface area contributed by atoms with Crippen molar-refractivity contribution in [2.24, 2.45) is 0 Å². The maximum absolute atomic E-state index is 5.48. The molecule has 112 valence electrons. The van der Waals surface area contributed by atoms with Gasteiger partial charge in [0.25, 0.3) is 0 Å². The van der Waals surface area contributed by atoms with Gasteiger partial charge in [-0.25, -0.2) is 0 Å². The Balaban J connectivity index is 2.17. The molecule has 0 unspecified atom stereocenters. The van der Waals surface area contributed by atoms with E-state index in [9.17, 15) is 0 Å².